The van der Waals surface area contributed by atoms with Crippen LogP contribution >= 0.6 is 0 Å². The predicted molar refractivity (Wildman–Crippen MR) is 80.0 cm³/mol. The highest BCUT2D eigenvalue weighted by Crippen LogP contribution is 2.21. The van der Waals surface area contributed by atoms with E-state index in [1.54, 1.807) is 25.3 Å². The number of rotatable bonds is 4. The van der Waals surface area contributed by atoms with Crippen LogP contribution in [0.2, 0.25) is 0 Å². The molecule has 2 rings (SSSR count). The van der Waals surface area contributed by atoms with Gasteiger partial charge in [0.1, 0.15) is 5.75 Å². The van der Waals surface area contributed by atoms with Crippen LogP contribution in [0.1, 0.15) is 30.1 Å². The molecule has 1 aromatic carbocycles. The van der Waals surface area contributed by atoms with E-state index in [0.29, 0.717) is 17.0 Å². The highest BCUT2D eigenvalue weighted by atomic mass is 16.5. The second kappa shape index (κ2) is 6.61. The zero-order valence-corrected chi connectivity index (χ0v) is 12.2. The van der Waals surface area contributed by atoms with Gasteiger partial charge in [0.15, 0.2) is 0 Å². The van der Waals surface area contributed by atoms with E-state index in [1.165, 1.54) is 0 Å². The van der Waals surface area contributed by atoms with Gasteiger partial charge in [-0.2, -0.15) is 0 Å². The van der Waals surface area contributed by atoms with E-state index in [2.05, 4.69) is 17.1 Å². The molecule has 5 nitrogen and oxygen atoms in total. The Morgan fingerprint density at radius 2 is 2.35 bits per heavy atom. The number of likely N-dealkylation sites (N-methyl/N-ethyl adjacent to an activating group) is 1. The Morgan fingerprint density at radius 3 is 3.05 bits per heavy atom. The van der Waals surface area contributed by atoms with Crippen LogP contribution in [0.15, 0.2) is 18.2 Å². The number of amides is 1. The van der Waals surface area contributed by atoms with E-state index in [0.717, 1.165) is 32.5 Å². The van der Waals surface area contributed by atoms with E-state index in [1.807, 2.05) is 0 Å². The largest absolute Gasteiger partial charge is 0.496 e. The Labute approximate surface area is 120 Å². The first-order valence-electron chi connectivity index (χ1n) is 7.10. The Balaban J connectivity index is 2.06. The van der Waals surface area contributed by atoms with Crippen LogP contribution in [0.25, 0.3) is 0 Å². The van der Waals surface area contributed by atoms with Crippen molar-refractivity contribution in [3.63, 3.8) is 0 Å². The number of anilines is 1. The summed E-state index contributed by atoms with van der Waals surface area (Å²) in [6.45, 7) is 5.19. The van der Waals surface area contributed by atoms with Gasteiger partial charge in [-0.25, -0.2) is 0 Å². The van der Waals surface area contributed by atoms with E-state index >= 15 is 0 Å². The van der Waals surface area contributed by atoms with Gasteiger partial charge in [-0.15, -0.1) is 0 Å². The smallest absolute Gasteiger partial charge is 0.255 e. The van der Waals surface area contributed by atoms with Gasteiger partial charge in [-0.05, 0) is 44.1 Å². The molecule has 1 unspecified atom stereocenters. The lowest BCUT2D eigenvalue weighted by molar-refractivity contribution is 0.0903. The summed E-state index contributed by atoms with van der Waals surface area (Å²) in [6.07, 6.45) is 2.14. The van der Waals surface area contributed by atoms with Gasteiger partial charge in [0.05, 0.1) is 12.7 Å². The topological polar surface area (TPSA) is 67.6 Å². The number of hydrogen-bond acceptors (Lipinski definition) is 4. The molecule has 1 saturated heterocycles. The molecule has 3 N–H and O–H groups in total. The average molecular weight is 277 g/mol. The first-order chi connectivity index (χ1) is 9.63. The maximum absolute atomic E-state index is 12.4. The molecule has 20 heavy (non-hydrogen) atoms. The fourth-order valence-electron chi connectivity index (χ4n) is 2.63. The number of piperidine rings is 1. The Hall–Kier alpha value is -1.75. The molecule has 0 aliphatic carbocycles. The van der Waals surface area contributed by atoms with Crippen molar-refractivity contribution >= 4 is 11.6 Å². The lowest BCUT2D eigenvalue weighted by atomic mass is 10.0. The van der Waals surface area contributed by atoms with Gasteiger partial charge >= 0.3 is 0 Å². The number of carbonyl (C=O) groups excluding carboxylic acids is 1. The minimum atomic E-state index is -0.114. The van der Waals surface area contributed by atoms with Gasteiger partial charge in [-0.1, -0.05) is 6.92 Å². The van der Waals surface area contributed by atoms with Gasteiger partial charge in [0.25, 0.3) is 5.91 Å². The van der Waals surface area contributed by atoms with E-state index in [-0.39, 0.29) is 11.9 Å². The summed E-state index contributed by atoms with van der Waals surface area (Å²) in [5.41, 5.74) is 6.82. The summed E-state index contributed by atoms with van der Waals surface area (Å²) in [6, 6.07) is 5.31. The number of nitrogens with zero attached hydrogens (tertiary/aromatic N) is 1. The SMILES string of the molecule is CCN1CCCC(NC(=O)c2cc(N)ccc2OC)C1. The number of ether oxygens (including phenoxy) is 1. The standard InChI is InChI=1S/C15H23N3O2/c1-3-18-8-4-5-12(10-18)17-15(19)13-9-11(16)6-7-14(13)20-2/h6-7,9,12H,3-5,8,10,16H2,1-2H3,(H,17,19). The predicted octanol–water partition coefficient (Wildman–Crippen LogP) is 1.49. The average Bonchev–Trinajstić information content (AvgIpc) is 2.47. The summed E-state index contributed by atoms with van der Waals surface area (Å²) in [7, 11) is 1.56. The van der Waals surface area contributed by atoms with Crippen molar-refractivity contribution in [1.82, 2.24) is 10.2 Å². The number of nitrogens with two attached hydrogens (primary N) is 1. The maximum atomic E-state index is 12.4. The van der Waals surface area contributed by atoms with Crippen molar-refractivity contribution < 1.29 is 9.53 Å². The Morgan fingerprint density at radius 1 is 1.55 bits per heavy atom. The van der Waals surface area contributed by atoms with Crippen molar-refractivity contribution in [1.29, 1.82) is 0 Å². The van der Waals surface area contributed by atoms with Crippen LogP contribution in [-0.2, 0) is 0 Å². The number of methoxy groups -OCH3 is 1. The molecule has 1 fully saturated rings. The van der Waals surface area contributed by atoms with Gasteiger partial charge in [0.2, 0.25) is 0 Å². The third-order valence-electron chi connectivity index (χ3n) is 3.76. The Kier molecular flexibility index (Phi) is 4.84. The minimum Gasteiger partial charge on any atom is -0.496 e. The second-order valence-electron chi connectivity index (χ2n) is 5.17. The third kappa shape index (κ3) is 3.42. The number of likely N-dealkylation sites (tertiary alicyclic amines) is 1. The lowest BCUT2D eigenvalue weighted by Crippen LogP contribution is -2.47. The molecule has 1 aliphatic heterocycles. The van der Waals surface area contributed by atoms with Gasteiger partial charge < -0.3 is 20.7 Å². The van der Waals surface area contributed by atoms with Gasteiger partial charge in [0, 0.05) is 18.3 Å². The quantitative estimate of drug-likeness (QED) is 0.818. The molecule has 110 valence electrons. The van der Waals surface area contributed by atoms with E-state index in [4.69, 9.17) is 10.5 Å². The second-order valence-corrected chi connectivity index (χ2v) is 5.17. The number of nitrogen functional groups attached to an aromatic ring is 1. The molecule has 0 bridgehead atoms. The molecule has 1 aliphatic rings. The molecule has 1 amide bonds. The fourth-order valence-corrected chi connectivity index (χ4v) is 2.63. The van der Waals surface area contributed by atoms with E-state index in [9.17, 15) is 4.79 Å². The van der Waals surface area contributed by atoms with Gasteiger partial charge in [-0.3, -0.25) is 4.79 Å². The summed E-state index contributed by atoms with van der Waals surface area (Å²) in [5, 5.41) is 3.09. The van der Waals surface area contributed by atoms with Crippen molar-refractivity contribution in [3.05, 3.63) is 23.8 Å². The van der Waals surface area contributed by atoms with Crippen molar-refractivity contribution in [2.45, 2.75) is 25.8 Å². The molecule has 1 heterocycles. The Bertz CT molecular complexity index is 476. The summed E-state index contributed by atoms with van der Waals surface area (Å²) in [5.74, 6) is 0.442. The lowest BCUT2D eigenvalue weighted by Gasteiger charge is -2.32. The summed E-state index contributed by atoms with van der Waals surface area (Å²) >= 11 is 0. The normalized spacial score (nSPS) is 19.6. The zero-order valence-electron chi connectivity index (χ0n) is 12.2. The first kappa shape index (κ1) is 14.7. The van der Waals surface area contributed by atoms with Crippen LogP contribution in [0.4, 0.5) is 5.69 Å². The van der Waals surface area contributed by atoms with Crippen LogP contribution in [-0.4, -0.2) is 43.6 Å². The molecule has 5 heteroatoms. The molecule has 0 aromatic heterocycles. The maximum Gasteiger partial charge on any atom is 0.255 e. The fraction of sp³-hybridized carbons (Fsp3) is 0.533. The van der Waals surface area contributed by atoms with Crippen molar-refractivity contribution in [3.8, 4) is 5.75 Å². The highest BCUT2D eigenvalue weighted by molar-refractivity contribution is 5.98. The van der Waals surface area contributed by atoms with Crippen molar-refractivity contribution in [2.75, 3.05) is 32.5 Å². The zero-order chi connectivity index (χ0) is 14.5. The highest BCUT2D eigenvalue weighted by Gasteiger charge is 2.22. The molecular weight excluding hydrogens is 254 g/mol. The van der Waals surface area contributed by atoms with Crippen molar-refractivity contribution in [2.24, 2.45) is 0 Å². The van der Waals surface area contributed by atoms with Crippen LogP contribution in [0.3, 0.4) is 0 Å². The molecule has 0 radical (unpaired) electrons. The third-order valence-corrected chi connectivity index (χ3v) is 3.76. The van der Waals surface area contributed by atoms with Crippen LogP contribution in [0.5, 0.6) is 5.75 Å². The number of carbonyl (C=O) groups is 1. The van der Waals surface area contributed by atoms with E-state index < -0.39 is 0 Å². The number of benzene rings is 1. The van der Waals surface area contributed by atoms with Crippen LogP contribution in [0, 0.1) is 0 Å². The first-order valence-corrected chi connectivity index (χ1v) is 7.10. The summed E-state index contributed by atoms with van der Waals surface area (Å²) < 4.78 is 5.23. The molecular formula is C15H23N3O2. The number of hydrogen-bond donors (Lipinski definition) is 2. The van der Waals surface area contributed by atoms with Crippen LogP contribution < -0.4 is 15.8 Å². The molecule has 0 saturated carbocycles. The summed E-state index contributed by atoms with van der Waals surface area (Å²) in [4.78, 5) is 14.7. The molecule has 1 aromatic rings. The number of nitrogens with one attached hydrogen (secondary N) is 1. The molecule has 1 atom stereocenters. The molecule has 0 spiro atoms. The monoisotopic (exact) mass is 277 g/mol. The minimum absolute atomic E-state index is 0.114.